The molecule has 1 unspecified atom stereocenters. The third-order valence-electron chi connectivity index (χ3n) is 2.59. The van der Waals surface area contributed by atoms with Gasteiger partial charge in [-0.15, -0.1) is 0 Å². The molecule has 1 rings (SSSR count). The first-order valence-corrected chi connectivity index (χ1v) is 6.99. The average molecular weight is 236 g/mol. The van der Waals surface area contributed by atoms with Gasteiger partial charge in [-0.25, -0.2) is 8.42 Å². The SMILES string of the molecule is CC(N)(CO)CN1CCCS(=O)(=O)CC1. The highest BCUT2D eigenvalue weighted by molar-refractivity contribution is 7.91. The van der Waals surface area contributed by atoms with Gasteiger partial charge in [-0.3, -0.25) is 0 Å². The van der Waals surface area contributed by atoms with Gasteiger partial charge in [0, 0.05) is 18.6 Å². The normalized spacial score (nSPS) is 26.9. The van der Waals surface area contributed by atoms with E-state index in [2.05, 4.69) is 0 Å². The highest BCUT2D eigenvalue weighted by Gasteiger charge is 2.25. The van der Waals surface area contributed by atoms with E-state index in [0.29, 0.717) is 19.5 Å². The molecule has 0 saturated carbocycles. The molecule has 0 aliphatic carbocycles. The lowest BCUT2D eigenvalue weighted by molar-refractivity contribution is 0.153. The van der Waals surface area contributed by atoms with Gasteiger partial charge in [0.05, 0.1) is 18.1 Å². The van der Waals surface area contributed by atoms with E-state index in [1.807, 2.05) is 4.90 Å². The molecular weight excluding hydrogens is 216 g/mol. The number of hydrogen-bond donors (Lipinski definition) is 2. The van der Waals surface area contributed by atoms with E-state index < -0.39 is 15.4 Å². The average Bonchev–Trinajstić information content (AvgIpc) is 2.28. The fourth-order valence-electron chi connectivity index (χ4n) is 1.71. The van der Waals surface area contributed by atoms with Crippen molar-refractivity contribution in [2.75, 3.05) is 37.7 Å². The van der Waals surface area contributed by atoms with Crippen LogP contribution in [0, 0.1) is 0 Å². The fourth-order valence-corrected chi connectivity index (χ4v) is 3.02. The van der Waals surface area contributed by atoms with Crippen LogP contribution in [-0.2, 0) is 9.84 Å². The first-order valence-electron chi connectivity index (χ1n) is 5.17. The monoisotopic (exact) mass is 236 g/mol. The van der Waals surface area contributed by atoms with Crippen molar-refractivity contribution in [2.45, 2.75) is 18.9 Å². The third-order valence-corrected chi connectivity index (χ3v) is 4.31. The summed E-state index contributed by atoms with van der Waals surface area (Å²) in [4.78, 5) is 2.01. The van der Waals surface area contributed by atoms with Crippen molar-refractivity contribution in [2.24, 2.45) is 5.73 Å². The zero-order valence-corrected chi connectivity index (χ0v) is 9.96. The molecule has 1 heterocycles. The summed E-state index contributed by atoms with van der Waals surface area (Å²) in [6, 6.07) is 0. The van der Waals surface area contributed by atoms with Crippen LogP contribution in [0.3, 0.4) is 0 Å². The maximum atomic E-state index is 11.3. The summed E-state index contributed by atoms with van der Waals surface area (Å²) in [5, 5.41) is 9.03. The topological polar surface area (TPSA) is 83.6 Å². The minimum absolute atomic E-state index is 0.0871. The lowest BCUT2D eigenvalue weighted by atomic mass is 10.1. The lowest BCUT2D eigenvalue weighted by Gasteiger charge is -2.29. The van der Waals surface area contributed by atoms with Gasteiger partial charge in [0.2, 0.25) is 0 Å². The Morgan fingerprint density at radius 1 is 1.40 bits per heavy atom. The van der Waals surface area contributed by atoms with Gasteiger partial charge in [-0.1, -0.05) is 0 Å². The minimum Gasteiger partial charge on any atom is -0.394 e. The summed E-state index contributed by atoms with van der Waals surface area (Å²) in [7, 11) is -2.86. The van der Waals surface area contributed by atoms with E-state index in [0.717, 1.165) is 6.54 Å². The summed E-state index contributed by atoms with van der Waals surface area (Å²) in [5.74, 6) is 0.471. The Labute approximate surface area is 91.2 Å². The first-order chi connectivity index (χ1) is 6.85. The summed E-state index contributed by atoms with van der Waals surface area (Å²) in [5.41, 5.74) is 5.18. The van der Waals surface area contributed by atoms with E-state index in [1.54, 1.807) is 6.92 Å². The van der Waals surface area contributed by atoms with E-state index in [-0.39, 0.29) is 18.1 Å². The predicted octanol–water partition coefficient (Wildman–Crippen LogP) is -1.18. The van der Waals surface area contributed by atoms with Crippen LogP contribution in [-0.4, -0.2) is 61.7 Å². The molecule has 0 amide bonds. The summed E-state index contributed by atoms with van der Waals surface area (Å²) in [6.07, 6.45) is 0.657. The Kier molecular flexibility index (Phi) is 4.11. The zero-order valence-electron chi connectivity index (χ0n) is 9.15. The van der Waals surface area contributed by atoms with Crippen LogP contribution in [0.25, 0.3) is 0 Å². The molecule has 1 aliphatic heterocycles. The van der Waals surface area contributed by atoms with Gasteiger partial charge in [-0.05, 0) is 19.9 Å². The first kappa shape index (κ1) is 12.9. The molecule has 1 atom stereocenters. The largest absolute Gasteiger partial charge is 0.394 e. The predicted molar refractivity (Wildman–Crippen MR) is 59.4 cm³/mol. The van der Waals surface area contributed by atoms with Gasteiger partial charge in [0.15, 0.2) is 9.84 Å². The number of aliphatic hydroxyl groups is 1. The maximum Gasteiger partial charge on any atom is 0.151 e. The second-order valence-corrected chi connectivity index (χ2v) is 6.90. The molecule has 90 valence electrons. The van der Waals surface area contributed by atoms with Crippen LogP contribution in [0.4, 0.5) is 0 Å². The van der Waals surface area contributed by atoms with Crippen molar-refractivity contribution < 1.29 is 13.5 Å². The molecule has 0 radical (unpaired) electrons. The third kappa shape index (κ3) is 4.46. The van der Waals surface area contributed by atoms with Crippen LogP contribution in [0.1, 0.15) is 13.3 Å². The van der Waals surface area contributed by atoms with Crippen molar-refractivity contribution >= 4 is 9.84 Å². The second-order valence-electron chi connectivity index (χ2n) is 4.59. The van der Waals surface area contributed by atoms with E-state index in [9.17, 15) is 8.42 Å². The Morgan fingerprint density at radius 2 is 2.07 bits per heavy atom. The molecule has 3 N–H and O–H groups in total. The lowest BCUT2D eigenvalue weighted by Crippen LogP contribution is -2.51. The number of aliphatic hydroxyl groups excluding tert-OH is 1. The zero-order chi connectivity index (χ0) is 11.5. The molecule has 1 aliphatic rings. The van der Waals surface area contributed by atoms with Crippen LogP contribution in [0.2, 0.25) is 0 Å². The van der Waals surface area contributed by atoms with Crippen molar-refractivity contribution in [1.82, 2.24) is 4.90 Å². The second kappa shape index (κ2) is 4.78. The molecule has 1 saturated heterocycles. The van der Waals surface area contributed by atoms with Crippen LogP contribution < -0.4 is 5.73 Å². The number of hydrogen-bond acceptors (Lipinski definition) is 5. The molecule has 6 heteroatoms. The van der Waals surface area contributed by atoms with Crippen molar-refractivity contribution in [1.29, 1.82) is 0 Å². The molecule has 5 nitrogen and oxygen atoms in total. The molecule has 15 heavy (non-hydrogen) atoms. The quantitative estimate of drug-likeness (QED) is 0.644. The molecule has 0 aromatic carbocycles. The van der Waals surface area contributed by atoms with Gasteiger partial charge in [-0.2, -0.15) is 0 Å². The molecule has 0 aromatic heterocycles. The van der Waals surface area contributed by atoms with Crippen LogP contribution >= 0.6 is 0 Å². The fraction of sp³-hybridized carbons (Fsp3) is 1.00. The van der Waals surface area contributed by atoms with Gasteiger partial charge in [0.25, 0.3) is 0 Å². The molecule has 0 spiro atoms. The maximum absolute atomic E-state index is 11.3. The van der Waals surface area contributed by atoms with E-state index >= 15 is 0 Å². The minimum atomic E-state index is -2.86. The Balaban J connectivity index is 2.52. The van der Waals surface area contributed by atoms with Crippen molar-refractivity contribution in [3.8, 4) is 0 Å². The summed E-state index contributed by atoms with van der Waals surface area (Å²) >= 11 is 0. The van der Waals surface area contributed by atoms with Crippen LogP contribution in [0.5, 0.6) is 0 Å². The molecule has 1 fully saturated rings. The van der Waals surface area contributed by atoms with Crippen molar-refractivity contribution in [3.63, 3.8) is 0 Å². The van der Waals surface area contributed by atoms with Crippen LogP contribution in [0.15, 0.2) is 0 Å². The van der Waals surface area contributed by atoms with Gasteiger partial charge in [0.1, 0.15) is 0 Å². The Bertz CT molecular complexity index is 300. The number of nitrogens with two attached hydrogens (primary N) is 1. The van der Waals surface area contributed by atoms with Gasteiger partial charge >= 0.3 is 0 Å². The number of nitrogens with zero attached hydrogens (tertiary/aromatic N) is 1. The molecule has 0 bridgehead atoms. The van der Waals surface area contributed by atoms with E-state index in [1.165, 1.54) is 0 Å². The summed E-state index contributed by atoms with van der Waals surface area (Å²) < 4.78 is 22.7. The number of rotatable bonds is 3. The van der Waals surface area contributed by atoms with Crippen molar-refractivity contribution in [3.05, 3.63) is 0 Å². The summed E-state index contributed by atoms with van der Waals surface area (Å²) in [6.45, 7) is 3.49. The highest BCUT2D eigenvalue weighted by Crippen LogP contribution is 2.08. The molecule has 0 aromatic rings. The van der Waals surface area contributed by atoms with Gasteiger partial charge < -0.3 is 15.7 Å². The van der Waals surface area contributed by atoms with E-state index in [4.69, 9.17) is 10.8 Å². The number of sulfone groups is 1. The smallest absolute Gasteiger partial charge is 0.151 e. The standard InChI is InChI=1S/C9H20N2O3S/c1-9(10,8-12)7-11-3-2-5-15(13,14)6-4-11/h12H,2-8,10H2,1H3. The Morgan fingerprint density at radius 3 is 2.67 bits per heavy atom. The molecular formula is C9H20N2O3S. The highest BCUT2D eigenvalue weighted by atomic mass is 32.2. The Hall–Kier alpha value is -0.170.